The molecule has 0 fully saturated rings. The minimum Gasteiger partial charge on any atom is -0.357 e. The summed E-state index contributed by atoms with van der Waals surface area (Å²) in [7, 11) is 1.96. The van der Waals surface area contributed by atoms with Crippen LogP contribution in [0.15, 0.2) is 30.6 Å². The lowest BCUT2D eigenvalue weighted by atomic mass is 9.88. The van der Waals surface area contributed by atoms with Crippen molar-refractivity contribution in [2.45, 2.75) is 132 Å². The van der Waals surface area contributed by atoms with E-state index in [1.807, 2.05) is 47.7 Å². The summed E-state index contributed by atoms with van der Waals surface area (Å²) in [6.07, 6.45) is 9.63. The first-order valence-corrected chi connectivity index (χ1v) is 19.0. The Morgan fingerprint density at radius 3 is 2.38 bits per heavy atom. The van der Waals surface area contributed by atoms with E-state index in [0.717, 1.165) is 56.2 Å². The summed E-state index contributed by atoms with van der Waals surface area (Å²) in [6.45, 7) is 16.8. The lowest BCUT2D eigenvalue weighted by molar-refractivity contribution is -0.122. The molecule has 52 heavy (non-hydrogen) atoms. The molecule has 13 heteroatoms. The van der Waals surface area contributed by atoms with Gasteiger partial charge in [0.1, 0.15) is 23.7 Å². The van der Waals surface area contributed by atoms with Crippen LogP contribution in [0.3, 0.4) is 0 Å². The maximum Gasteiger partial charge on any atom is 0.260 e. The summed E-state index contributed by atoms with van der Waals surface area (Å²) in [4.78, 5) is 52.1. The van der Waals surface area contributed by atoms with Crippen LogP contribution in [0.1, 0.15) is 121 Å². The van der Waals surface area contributed by atoms with Gasteiger partial charge < -0.3 is 25.4 Å². The van der Waals surface area contributed by atoms with Gasteiger partial charge in [-0.1, -0.05) is 58.9 Å². The smallest absolute Gasteiger partial charge is 0.260 e. The molecular formula is C39H60N10O3. The lowest BCUT2D eigenvalue weighted by Gasteiger charge is -2.28. The minimum absolute atomic E-state index is 0.0650. The second-order valence-corrected chi connectivity index (χ2v) is 15.2. The molecule has 1 atom stereocenters. The third-order valence-electron chi connectivity index (χ3n) is 9.98. The van der Waals surface area contributed by atoms with Gasteiger partial charge in [0.15, 0.2) is 5.82 Å². The molecule has 13 nitrogen and oxygen atoms in total. The van der Waals surface area contributed by atoms with Gasteiger partial charge in [0, 0.05) is 50.7 Å². The van der Waals surface area contributed by atoms with Crippen molar-refractivity contribution >= 4 is 29.4 Å². The average molecular weight is 717 g/mol. The molecule has 3 aromatic rings. The highest BCUT2D eigenvalue weighted by atomic mass is 16.2. The van der Waals surface area contributed by atoms with Crippen LogP contribution in [-0.2, 0) is 29.2 Å². The first kappa shape index (κ1) is 40.4. The Morgan fingerprint density at radius 2 is 1.69 bits per heavy atom. The molecule has 0 bridgehead atoms. The Bertz CT molecular complexity index is 1650. The molecule has 4 heterocycles. The maximum absolute atomic E-state index is 13.8. The number of carbonyl (C=O) groups excluding carboxylic acids is 3. The number of rotatable bonds is 20. The van der Waals surface area contributed by atoms with E-state index in [1.54, 1.807) is 11.2 Å². The van der Waals surface area contributed by atoms with Crippen LogP contribution in [0.5, 0.6) is 0 Å². The summed E-state index contributed by atoms with van der Waals surface area (Å²) < 4.78 is 1.91. The zero-order chi connectivity index (χ0) is 37.8. The van der Waals surface area contributed by atoms with E-state index < -0.39 is 0 Å². The number of aryl methyl sites for hydroxylation is 1. The standard InChI is InChI=1S/C39H60N10O3/c1-9-48-26-42-46-37(48)31-18-17-19-33(44-31)49-25-30-29(38(49)52)22-34(47(8)27(2)3)45-32(30)23-40-24-36(51)41-21-16-14-12-10-11-13-15-20-35(50)43-28(4)39(5,6)7/h17-19,22,26-28,40H,9-16,20-21,23-25H2,1-8H3,(H,41,51)(H,43,50)/t28-/m1/s1. The molecule has 3 amide bonds. The van der Waals surface area contributed by atoms with Crippen LogP contribution in [0.4, 0.5) is 11.6 Å². The van der Waals surface area contributed by atoms with Crippen molar-refractivity contribution < 1.29 is 14.4 Å². The quantitative estimate of drug-likeness (QED) is 0.126. The molecule has 3 aromatic heterocycles. The molecule has 4 rings (SSSR count). The summed E-state index contributed by atoms with van der Waals surface area (Å²) >= 11 is 0. The predicted molar refractivity (Wildman–Crippen MR) is 206 cm³/mol. The third kappa shape index (κ3) is 11.1. The highest BCUT2D eigenvalue weighted by molar-refractivity contribution is 6.10. The average Bonchev–Trinajstić information content (AvgIpc) is 3.73. The van der Waals surface area contributed by atoms with Gasteiger partial charge in [0.05, 0.1) is 24.3 Å². The molecular weight excluding hydrogens is 656 g/mol. The van der Waals surface area contributed by atoms with Gasteiger partial charge in [-0.05, 0) is 64.2 Å². The fraction of sp³-hybridized carbons (Fsp3) is 0.615. The van der Waals surface area contributed by atoms with Crippen molar-refractivity contribution in [3.05, 3.63) is 47.4 Å². The Kier molecular flexibility index (Phi) is 14.7. The minimum atomic E-state index is -0.134. The Balaban J connectivity index is 1.22. The van der Waals surface area contributed by atoms with Gasteiger partial charge in [-0.15, -0.1) is 10.2 Å². The normalized spacial score (nSPS) is 13.4. The van der Waals surface area contributed by atoms with Crippen LogP contribution < -0.4 is 25.8 Å². The number of hydrogen-bond acceptors (Lipinski definition) is 9. The van der Waals surface area contributed by atoms with E-state index >= 15 is 0 Å². The van der Waals surface area contributed by atoms with Crippen molar-refractivity contribution in [3.8, 4) is 11.5 Å². The Labute approximate surface area is 309 Å². The van der Waals surface area contributed by atoms with Crippen molar-refractivity contribution in [3.63, 3.8) is 0 Å². The summed E-state index contributed by atoms with van der Waals surface area (Å²) in [5.74, 6) is 1.84. The van der Waals surface area contributed by atoms with E-state index in [1.165, 1.54) is 0 Å². The van der Waals surface area contributed by atoms with Crippen LogP contribution in [0.2, 0.25) is 0 Å². The number of nitrogens with zero attached hydrogens (tertiary/aromatic N) is 7. The monoisotopic (exact) mass is 716 g/mol. The number of amides is 3. The molecule has 1 aliphatic rings. The predicted octanol–water partition coefficient (Wildman–Crippen LogP) is 5.64. The van der Waals surface area contributed by atoms with E-state index in [-0.39, 0.29) is 41.8 Å². The van der Waals surface area contributed by atoms with E-state index in [2.05, 4.69) is 67.7 Å². The van der Waals surface area contributed by atoms with Crippen LogP contribution in [0, 0.1) is 5.41 Å². The zero-order valence-corrected chi connectivity index (χ0v) is 32.6. The summed E-state index contributed by atoms with van der Waals surface area (Å²) in [6, 6.07) is 7.78. The molecule has 1 aliphatic heterocycles. The van der Waals surface area contributed by atoms with Crippen LogP contribution in [-0.4, -0.2) is 74.7 Å². The van der Waals surface area contributed by atoms with E-state index in [4.69, 9.17) is 9.97 Å². The van der Waals surface area contributed by atoms with Gasteiger partial charge >= 0.3 is 0 Å². The largest absolute Gasteiger partial charge is 0.357 e. The highest BCUT2D eigenvalue weighted by Gasteiger charge is 2.33. The lowest BCUT2D eigenvalue weighted by Crippen LogP contribution is -2.41. The first-order valence-electron chi connectivity index (χ1n) is 19.0. The zero-order valence-electron chi connectivity index (χ0n) is 32.6. The number of aromatic nitrogens is 5. The second kappa shape index (κ2) is 18.9. The fourth-order valence-corrected chi connectivity index (χ4v) is 5.92. The van der Waals surface area contributed by atoms with Gasteiger partial charge in [-0.3, -0.25) is 19.3 Å². The molecule has 3 N–H and O–H groups in total. The van der Waals surface area contributed by atoms with Crippen molar-refractivity contribution in [1.82, 2.24) is 40.7 Å². The van der Waals surface area contributed by atoms with Crippen molar-refractivity contribution in [2.24, 2.45) is 5.41 Å². The van der Waals surface area contributed by atoms with Crippen LogP contribution >= 0.6 is 0 Å². The highest BCUT2D eigenvalue weighted by Crippen LogP contribution is 2.32. The second-order valence-electron chi connectivity index (χ2n) is 15.2. The maximum atomic E-state index is 13.8. The molecule has 0 aromatic carbocycles. The number of nitrogens with one attached hydrogen (secondary N) is 3. The summed E-state index contributed by atoms with van der Waals surface area (Å²) in [5.41, 5.74) is 2.89. The Hall–Kier alpha value is -4.39. The molecule has 0 unspecified atom stereocenters. The van der Waals surface area contributed by atoms with Gasteiger partial charge in [0.25, 0.3) is 5.91 Å². The van der Waals surface area contributed by atoms with Gasteiger partial charge in [0.2, 0.25) is 11.8 Å². The van der Waals surface area contributed by atoms with Gasteiger partial charge in [-0.2, -0.15) is 0 Å². The molecule has 0 saturated heterocycles. The topological polar surface area (TPSA) is 150 Å². The van der Waals surface area contributed by atoms with E-state index in [0.29, 0.717) is 61.3 Å². The number of hydrogen-bond donors (Lipinski definition) is 3. The van der Waals surface area contributed by atoms with Crippen molar-refractivity contribution in [1.29, 1.82) is 0 Å². The molecule has 284 valence electrons. The van der Waals surface area contributed by atoms with Crippen LogP contribution in [0.25, 0.3) is 11.5 Å². The number of anilines is 2. The molecule has 0 aliphatic carbocycles. The number of fused-ring (bicyclic) bond motifs is 1. The molecule has 0 saturated carbocycles. The Morgan fingerprint density at radius 1 is 0.981 bits per heavy atom. The first-order chi connectivity index (χ1) is 24.8. The molecule has 0 radical (unpaired) electrons. The number of carbonyl (C=O) groups is 3. The number of pyridine rings is 2. The van der Waals surface area contributed by atoms with Crippen molar-refractivity contribution in [2.75, 3.05) is 29.9 Å². The SMILES string of the molecule is CCn1cnnc1-c1cccc(N2Cc3c(cc(N(C)C(C)C)nc3CNCC(=O)NCCCCCCCCCC(=O)N[C@H](C)C(C)(C)C)C2=O)n1. The molecule has 0 spiro atoms. The number of unbranched alkanes of at least 4 members (excludes halogenated alkanes) is 6. The van der Waals surface area contributed by atoms with E-state index in [9.17, 15) is 14.4 Å². The third-order valence-corrected chi connectivity index (χ3v) is 9.98. The summed E-state index contributed by atoms with van der Waals surface area (Å²) in [5, 5.41) is 17.6. The fourth-order valence-electron chi connectivity index (χ4n) is 5.92. The van der Waals surface area contributed by atoms with Gasteiger partial charge in [-0.25, -0.2) is 9.97 Å².